The molecule has 0 aliphatic heterocycles. The lowest BCUT2D eigenvalue weighted by Gasteiger charge is -2.24. The third-order valence-corrected chi connectivity index (χ3v) is 4.02. The number of carbonyl (C=O) groups is 1. The van der Waals surface area contributed by atoms with Gasteiger partial charge in [0.05, 0.1) is 12.1 Å². The summed E-state index contributed by atoms with van der Waals surface area (Å²) in [6, 6.07) is 7.78. The maximum atomic E-state index is 13.7. The van der Waals surface area contributed by atoms with Gasteiger partial charge in [-0.1, -0.05) is 28.1 Å². The van der Waals surface area contributed by atoms with Crippen molar-refractivity contribution < 1.29 is 18.7 Å². The van der Waals surface area contributed by atoms with Crippen molar-refractivity contribution in [2.24, 2.45) is 0 Å². The molecule has 0 fully saturated rings. The highest BCUT2D eigenvalue weighted by atomic mass is 79.9. The molecule has 2 rings (SSSR count). The Kier molecular flexibility index (Phi) is 5.49. The highest BCUT2D eigenvalue weighted by molar-refractivity contribution is 9.10. The van der Waals surface area contributed by atoms with E-state index >= 15 is 0 Å². The average Bonchev–Trinajstić information content (AvgIpc) is 2.45. The van der Waals surface area contributed by atoms with Gasteiger partial charge in [-0.15, -0.1) is 0 Å². The summed E-state index contributed by atoms with van der Waals surface area (Å²) in [6.45, 7) is 3.33. The number of aliphatic hydroxyl groups is 1. The number of aliphatic hydroxyl groups excluding tert-OH is 1. The number of rotatable bonds is 4. The van der Waals surface area contributed by atoms with Gasteiger partial charge in [-0.25, -0.2) is 8.78 Å². The summed E-state index contributed by atoms with van der Waals surface area (Å²) in [5, 5.41) is 12.5. The average molecular weight is 384 g/mol. The van der Waals surface area contributed by atoms with E-state index in [1.165, 1.54) is 13.0 Å². The van der Waals surface area contributed by atoms with Gasteiger partial charge in [0.25, 0.3) is 5.91 Å². The Bertz CT molecular complexity index is 714. The maximum Gasteiger partial charge on any atom is 0.257 e. The van der Waals surface area contributed by atoms with Crippen LogP contribution in [0.4, 0.5) is 8.78 Å². The summed E-state index contributed by atoms with van der Waals surface area (Å²) in [6.07, 6.45) is -0.936. The minimum absolute atomic E-state index is 0.659. The number of hydrogen-bond acceptors (Lipinski definition) is 2. The van der Waals surface area contributed by atoms with Crippen molar-refractivity contribution in [3.05, 3.63) is 69.2 Å². The molecule has 2 N–H and O–H groups in total. The summed E-state index contributed by atoms with van der Waals surface area (Å²) < 4.78 is 28.3. The number of benzene rings is 2. The van der Waals surface area contributed by atoms with E-state index < -0.39 is 35.3 Å². The molecule has 0 radical (unpaired) electrons. The van der Waals surface area contributed by atoms with E-state index in [2.05, 4.69) is 21.2 Å². The third kappa shape index (κ3) is 3.95. The van der Waals surface area contributed by atoms with Crippen LogP contribution in [0.5, 0.6) is 0 Å². The van der Waals surface area contributed by atoms with Crippen molar-refractivity contribution in [1.82, 2.24) is 5.32 Å². The molecular weight excluding hydrogens is 368 g/mol. The molecule has 0 aromatic heterocycles. The molecule has 6 heteroatoms. The predicted molar refractivity (Wildman–Crippen MR) is 87.1 cm³/mol. The monoisotopic (exact) mass is 383 g/mol. The second-order valence-electron chi connectivity index (χ2n) is 5.29. The second kappa shape index (κ2) is 7.19. The van der Waals surface area contributed by atoms with Crippen molar-refractivity contribution in [1.29, 1.82) is 0 Å². The Morgan fingerprint density at radius 3 is 2.35 bits per heavy atom. The van der Waals surface area contributed by atoms with Crippen molar-refractivity contribution in [2.45, 2.75) is 26.0 Å². The molecule has 2 atom stereocenters. The maximum absolute atomic E-state index is 13.7. The Labute approximate surface area is 141 Å². The summed E-state index contributed by atoms with van der Waals surface area (Å²) >= 11 is 3.34. The molecular formula is C17H16BrF2NO2. The molecule has 122 valence electrons. The molecule has 1 amide bonds. The Balaban J connectivity index is 2.35. The normalized spacial score (nSPS) is 13.5. The van der Waals surface area contributed by atoms with Crippen molar-refractivity contribution >= 4 is 21.8 Å². The van der Waals surface area contributed by atoms with Crippen LogP contribution in [0.2, 0.25) is 0 Å². The van der Waals surface area contributed by atoms with Crippen LogP contribution in [0, 0.1) is 18.6 Å². The summed E-state index contributed by atoms with van der Waals surface area (Å²) in [7, 11) is 0. The van der Waals surface area contributed by atoms with Crippen molar-refractivity contribution in [3.8, 4) is 0 Å². The lowest BCUT2D eigenvalue weighted by atomic mass is 9.97. The lowest BCUT2D eigenvalue weighted by Crippen LogP contribution is -2.36. The summed E-state index contributed by atoms with van der Waals surface area (Å²) in [5.41, 5.74) is 0.848. The number of aryl methyl sites for hydroxylation is 1. The molecule has 0 saturated carbocycles. The molecule has 0 aliphatic carbocycles. The molecule has 0 saturated heterocycles. The predicted octanol–water partition coefficient (Wildman–Crippen LogP) is 3.89. The van der Waals surface area contributed by atoms with E-state index in [1.807, 2.05) is 13.0 Å². The largest absolute Gasteiger partial charge is 0.391 e. The van der Waals surface area contributed by atoms with E-state index in [-0.39, 0.29) is 0 Å². The Hall–Kier alpha value is -1.79. The van der Waals surface area contributed by atoms with E-state index in [9.17, 15) is 18.7 Å². The van der Waals surface area contributed by atoms with Crippen LogP contribution in [0.25, 0.3) is 0 Å². The molecule has 2 aromatic rings. The van der Waals surface area contributed by atoms with Gasteiger partial charge < -0.3 is 10.4 Å². The molecule has 0 spiro atoms. The minimum atomic E-state index is -0.945. The standard InChI is InChI=1S/C17H16BrF2NO2/c1-9-8-11(18)6-7-12(9)16(10(2)22)21-17(23)15-13(19)4-3-5-14(15)20/h3-8,10,16,22H,1-2H3,(H,21,23)/t10-,16?/m1/s1. The third-order valence-electron chi connectivity index (χ3n) is 3.53. The molecule has 1 unspecified atom stereocenters. The molecule has 2 aromatic carbocycles. The molecule has 23 heavy (non-hydrogen) atoms. The van der Waals surface area contributed by atoms with Gasteiger partial charge >= 0.3 is 0 Å². The van der Waals surface area contributed by atoms with Gasteiger partial charge in [-0.2, -0.15) is 0 Å². The van der Waals surface area contributed by atoms with Gasteiger partial charge in [0, 0.05) is 4.47 Å². The smallest absolute Gasteiger partial charge is 0.257 e. The first-order valence-electron chi connectivity index (χ1n) is 7.00. The van der Waals surface area contributed by atoms with Gasteiger partial charge in [0.1, 0.15) is 17.2 Å². The van der Waals surface area contributed by atoms with Crippen LogP contribution in [-0.2, 0) is 0 Å². The zero-order valence-corrected chi connectivity index (χ0v) is 14.2. The molecule has 3 nitrogen and oxygen atoms in total. The SMILES string of the molecule is Cc1cc(Br)ccc1C(NC(=O)c1c(F)cccc1F)[C@@H](C)O. The first kappa shape index (κ1) is 17.6. The van der Waals surface area contributed by atoms with Gasteiger partial charge in [0.2, 0.25) is 0 Å². The van der Waals surface area contributed by atoms with E-state index in [1.54, 1.807) is 12.1 Å². The number of hydrogen-bond donors (Lipinski definition) is 2. The van der Waals surface area contributed by atoms with E-state index in [0.717, 1.165) is 22.2 Å². The van der Waals surface area contributed by atoms with Crippen LogP contribution >= 0.6 is 15.9 Å². The topological polar surface area (TPSA) is 49.3 Å². The first-order valence-corrected chi connectivity index (χ1v) is 7.79. The molecule has 0 bridgehead atoms. The number of nitrogens with one attached hydrogen (secondary N) is 1. The number of halogens is 3. The molecule has 0 aliphatic rings. The van der Waals surface area contributed by atoms with Crippen molar-refractivity contribution in [3.63, 3.8) is 0 Å². The summed E-state index contributed by atoms with van der Waals surface area (Å²) in [5.74, 6) is -2.80. The summed E-state index contributed by atoms with van der Waals surface area (Å²) in [4.78, 5) is 12.2. The Morgan fingerprint density at radius 1 is 1.22 bits per heavy atom. The van der Waals surface area contributed by atoms with E-state index in [0.29, 0.717) is 5.56 Å². The van der Waals surface area contributed by atoms with Crippen LogP contribution < -0.4 is 5.32 Å². The number of amides is 1. The lowest BCUT2D eigenvalue weighted by molar-refractivity contribution is 0.0849. The zero-order valence-electron chi connectivity index (χ0n) is 12.6. The van der Waals surface area contributed by atoms with Gasteiger partial charge in [-0.05, 0) is 49.2 Å². The highest BCUT2D eigenvalue weighted by Gasteiger charge is 2.25. The van der Waals surface area contributed by atoms with E-state index in [4.69, 9.17) is 0 Å². The van der Waals surface area contributed by atoms with Crippen LogP contribution in [-0.4, -0.2) is 17.1 Å². The van der Waals surface area contributed by atoms with Gasteiger partial charge in [-0.3, -0.25) is 4.79 Å². The highest BCUT2D eigenvalue weighted by Crippen LogP contribution is 2.25. The fourth-order valence-electron chi connectivity index (χ4n) is 2.37. The van der Waals surface area contributed by atoms with Crippen LogP contribution in [0.3, 0.4) is 0 Å². The first-order chi connectivity index (χ1) is 10.8. The van der Waals surface area contributed by atoms with Gasteiger partial charge in [0.15, 0.2) is 0 Å². The number of carbonyl (C=O) groups excluding carboxylic acids is 1. The minimum Gasteiger partial charge on any atom is -0.391 e. The Morgan fingerprint density at radius 2 is 1.83 bits per heavy atom. The van der Waals surface area contributed by atoms with Crippen LogP contribution in [0.15, 0.2) is 40.9 Å². The quantitative estimate of drug-likeness (QED) is 0.841. The second-order valence-corrected chi connectivity index (χ2v) is 6.20. The molecule has 0 heterocycles. The fourth-order valence-corrected chi connectivity index (χ4v) is 2.85. The van der Waals surface area contributed by atoms with Crippen molar-refractivity contribution in [2.75, 3.05) is 0 Å². The fraction of sp³-hybridized carbons (Fsp3) is 0.235. The van der Waals surface area contributed by atoms with Crippen LogP contribution in [0.1, 0.15) is 34.5 Å². The zero-order chi connectivity index (χ0) is 17.1.